The maximum atomic E-state index is 9.72. The Labute approximate surface area is 309 Å². The molecule has 0 saturated carbocycles. The lowest BCUT2D eigenvalue weighted by molar-refractivity contribution is -0.310. The molecule has 0 radical (unpaired) electrons. The lowest BCUT2D eigenvalue weighted by Crippen LogP contribution is -2.61. The summed E-state index contributed by atoms with van der Waals surface area (Å²) in [5, 5.41) is 4.27. The number of benzene rings is 3. The minimum atomic E-state index is -0.605. The molecule has 3 aromatic carbocycles. The Morgan fingerprint density at radius 3 is 2.08 bits per heavy atom. The van der Waals surface area contributed by atoms with Gasteiger partial charge >= 0.3 is 0 Å². The summed E-state index contributed by atoms with van der Waals surface area (Å²) < 4.78 is 32.6. The molecule has 0 aromatic heterocycles. The SMILES string of the molecule is CCCCCCCCCCCCC[C@H](CCO[C@@H]1[C@@H](N=[N+]=[N-])[C@H](Sc2ccccc2)O[C@@H]2CO[C@@H](c3ccccc3)O[C@@H]12)OCc1ccccc1. The average Bonchev–Trinajstić information content (AvgIpc) is 3.17. The summed E-state index contributed by atoms with van der Waals surface area (Å²) in [5.74, 6) is 0. The molecule has 2 aliphatic heterocycles. The Kier molecular flexibility index (Phi) is 17.7. The van der Waals surface area contributed by atoms with Crippen LogP contribution in [0.4, 0.5) is 0 Å². The van der Waals surface area contributed by atoms with Crippen LogP contribution >= 0.6 is 11.8 Å². The summed E-state index contributed by atoms with van der Waals surface area (Å²) in [4.78, 5) is 4.28. The third-order valence-electron chi connectivity index (χ3n) is 9.77. The molecule has 3 aromatic rings. The zero-order valence-electron chi connectivity index (χ0n) is 30.3. The van der Waals surface area contributed by atoms with Gasteiger partial charge in [-0.15, -0.1) is 0 Å². The van der Waals surface area contributed by atoms with Crippen molar-refractivity contribution in [2.75, 3.05) is 13.2 Å². The molecule has 8 nitrogen and oxygen atoms in total. The van der Waals surface area contributed by atoms with Crippen molar-refractivity contribution >= 4 is 11.8 Å². The predicted molar refractivity (Wildman–Crippen MR) is 204 cm³/mol. The molecule has 51 heavy (non-hydrogen) atoms. The smallest absolute Gasteiger partial charge is 0.184 e. The van der Waals surface area contributed by atoms with Gasteiger partial charge in [0.2, 0.25) is 0 Å². The van der Waals surface area contributed by atoms with Gasteiger partial charge in [-0.25, -0.2) is 0 Å². The summed E-state index contributed by atoms with van der Waals surface area (Å²) in [6.45, 7) is 3.64. The average molecular weight is 716 g/mol. The van der Waals surface area contributed by atoms with Crippen LogP contribution in [0.5, 0.6) is 0 Å². The molecule has 5 rings (SSSR count). The first kappa shape index (κ1) is 39.3. The van der Waals surface area contributed by atoms with E-state index in [9.17, 15) is 5.53 Å². The van der Waals surface area contributed by atoms with Crippen LogP contribution in [0, 0.1) is 0 Å². The minimum absolute atomic E-state index is 0.0551. The normalized spacial score (nSPS) is 23.6. The first-order valence-electron chi connectivity index (χ1n) is 19.3. The van der Waals surface area contributed by atoms with E-state index >= 15 is 0 Å². The lowest BCUT2D eigenvalue weighted by Gasteiger charge is -2.48. The van der Waals surface area contributed by atoms with E-state index in [1.165, 1.54) is 81.5 Å². The second kappa shape index (κ2) is 22.9. The van der Waals surface area contributed by atoms with Gasteiger partial charge in [-0.2, -0.15) is 0 Å². The van der Waals surface area contributed by atoms with E-state index in [1.54, 1.807) is 0 Å². The van der Waals surface area contributed by atoms with Crippen molar-refractivity contribution < 1.29 is 23.7 Å². The second-order valence-electron chi connectivity index (χ2n) is 13.7. The van der Waals surface area contributed by atoms with E-state index in [0.29, 0.717) is 19.8 Å². The molecule has 0 spiro atoms. The topological polar surface area (TPSA) is 94.9 Å². The van der Waals surface area contributed by atoms with Gasteiger partial charge in [0.1, 0.15) is 23.7 Å². The molecule has 7 atom stereocenters. The number of unbranched alkanes of at least 4 members (excludes halogenated alkanes) is 10. The first-order chi connectivity index (χ1) is 25.2. The highest BCUT2D eigenvalue weighted by molar-refractivity contribution is 7.99. The fourth-order valence-corrected chi connectivity index (χ4v) is 8.04. The number of nitrogens with zero attached hydrogens (tertiary/aromatic N) is 3. The molecular weight excluding hydrogens is 659 g/mol. The van der Waals surface area contributed by atoms with Gasteiger partial charge in [0, 0.05) is 22.0 Å². The standard InChI is InChI=1S/C42H57N3O5S/c1-2-3-4-5-6-7-8-9-10-11-19-26-35(47-31-33-22-15-12-16-23-33)29-30-46-40-38(44-45-43)42(51-36-27-20-14-21-28-36)49-37-32-48-41(50-39(37)40)34-24-17-13-18-25-34/h12-18,20-25,27-28,35,37-42H,2-11,19,26,29-32H2,1H3/t35-,37-,38-,39-,40-,41-,42+/m1/s1. The van der Waals surface area contributed by atoms with Crippen LogP contribution in [-0.4, -0.2) is 49.1 Å². The fraction of sp³-hybridized carbons (Fsp3) is 0.571. The Hall–Kier alpha value is -2.88. The Balaban J connectivity index is 1.20. The zero-order valence-corrected chi connectivity index (χ0v) is 31.1. The van der Waals surface area contributed by atoms with E-state index in [1.807, 2.05) is 66.7 Å². The van der Waals surface area contributed by atoms with Crippen molar-refractivity contribution in [3.63, 3.8) is 0 Å². The van der Waals surface area contributed by atoms with E-state index in [4.69, 9.17) is 23.7 Å². The molecule has 2 aliphatic rings. The molecule has 0 bridgehead atoms. The van der Waals surface area contributed by atoms with Crippen molar-refractivity contribution in [3.8, 4) is 0 Å². The fourth-order valence-electron chi connectivity index (χ4n) is 6.91. The molecule has 0 amide bonds. The van der Waals surface area contributed by atoms with Crippen molar-refractivity contribution in [1.82, 2.24) is 0 Å². The number of fused-ring (bicyclic) bond motifs is 1. The number of thioether (sulfide) groups is 1. The van der Waals surface area contributed by atoms with Gasteiger partial charge in [0.05, 0.1) is 25.4 Å². The molecule has 2 saturated heterocycles. The molecule has 9 heteroatoms. The van der Waals surface area contributed by atoms with Crippen molar-refractivity contribution in [2.45, 2.75) is 144 Å². The largest absolute Gasteiger partial charge is 0.375 e. The summed E-state index contributed by atoms with van der Waals surface area (Å²) in [5.41, 5.74) is 11.4. The molecule has 0 N–H and O–H groups in total. The van der Waals surface area contributed by atoms with Crippen molar-refractivity contribution in [1.29, 1.82) is 0 Å². The van der Waals surface area contributed by atoms with Crippen LogP contribution in [0.15, 0.2) is 101 Å². The van der Waals surface area contributed by atoms with Crippen LogP contribution in [0.1, 0.15) is 108 Å². The summed E-state index contributed by atoms with van der Waals surface area (Å²) >= 11 is 1.54. The van der Waals surface area contributed by atoms with E-state index in [-0.39, 0.29) is 12.2 Å². The third kappa shape index (κ3) is 13.2. The van der Waals surface area contributed by atoms with E-state index < -0.39 is 30.0 Å². The first-order valence-corrected chi connectivity index (χ1v) is 20.1. The Morgan fingerprint density at radius 2 is 1.41 bits per heavy atom. The van der Waals surface area contributed by atoms with Gasteiger partial charge in [0.25, 0.3) is 0 Å². The number of hydrogen-bond acceptors (Lipinski definition) is 7. The van der Waals surface area contributed by atoms with E-state index in [2.05, 4.69) is 41.2 Å². The van der Waals surface area contributed by atoms with Crippen LogP contribution in [-0.2, 0) is 30.3 Å². The molecule has 2 heterocycles. The zero-order chi connectivity index (χ0) is 35.4. The van der Waals surface area contributed by atoms with Crippen LogP contribution < -0.4 is 0 Å². The maximum Gasteiger partial charge on any atom is 0.184 e. The number of ether oxygens (including phenoxy) is 5. The molecule has 0 unspecified atom stereocenters. The summed E-state index contributed by atoms with van der Waals surface area (Å²) in [7, 11) is 0. The van der Waals surface area contributed by atoms with E-state index in [0.717, 1.165) is 29.7 Å². The highest BCUT2D eigenvalue weighted by Crippen LogP contribution is 2.41. The molecule has 276 valence electrons. The van der Waals surface area contributed by atoms with Crippen LogP contribution in [0.2, 0.25) is 0 Å². The Bertz CT molecular complexity index is 1400. The monoisotopic (exact) mass is 715 g/mol. The number of azide groups is 1. The second-order valence-corrected chi connectivity index (χ2v) is 14.9. The van der Waals surface area contributed by atoms with Crippen molar-refractivity contribution in [2.24, 2.45) is 5.11 Å². The third-order valence-corrected chi connectivity index (χ3v) is 10.9. The van der Waals surface area contributed by atoms with Crippen LogP contribution in [0.25, 0.3) is 10.4 Å². The lowest BCUT2D eigenvalue weighted by atomic mass is 9.97. The van der Waals surface area contributed by atoms with Gasteiger partial charge in [-0.3, -0.25) is 0 Å². The highest BCUT2D eigenvalue weighted by Gasteiger charge is 2.50. The molecule has 2 fully saturated rings. The van der Waals surface area contributed by atoms with Gasteiger partial charge in [-0.1, -0.05) is 173 Å². The molecular formula is C42H57N3O5S. The number of hydrogen-bond donors (Lipinski definition) is 0. The van der Waals surface area contributed by atoms with Gasteiger partial charge in [-0.05, 0) is 36.1 Å². The minimum Gasteiger partial charge on any atom is -0.375 e. The maximum absolute atomic E-state index is 9.72. The van der Waals surface area contributed by atoms with Crippen molar-refractivity contribution in [3.05, 3.63) is 113 Å². The van der Waals surface area contributed by atoms with Gasteiger partial charge in [0.15, 0.2) is 6.29 Å². The predicted octanol–water partition coefficient (Wildman–Crippen LogP) is 11.4. The summed E-state index contributed by atoms with van der Waals surface area (Å²) in [6.07, 6.45) is 14.3. The number of rotatable bonds is 23. The summed E-state index contributed by atoms with van der Waals surface area (Å²) in [6, 6.07) is 29.7. The highest BCUT2D eigenvalue weighted by atomic mass is 32.2. The quantitative estimate of drug-likeness (QED) is 0.0420. The van der Waals surface area contributed by atoms with Crippen LogP contribution in [0.3, 0.4) is 0 Å². The molecule has 0 aliphatic carbocycles. The Morgan fingerprint density at radius 1 is 0.784 bits per heavy atom. The van der Waals surface area contributed by atoms with Gasteiger partial charge < -0.3 is 23.7 Å².